The van der Waals surface area contributed by atoms with Gasteiger partial charge < -0.3 is 35.2 Å². The predicted octanol–water partition coefficient (Wildman–Crippen LogP) is 2.83. The molecule has 0 heterocycles. The zero-order chi connectivity index (χ0) is 22.5. The number of carbonyl (C=O) groups excluding carboxylic acids is 1. The summed E-state index contributed by atoms with van der Waals surface area (Å²) < 4.78 is 27.7. The van der Waals surface area contributed by atoms with Crippen LogP contribution in [0.25, 0.3) is 0 Å². The zero-order valence-corrected chi connectivity index (χ0v) is 17.8. The molecule has 31 heavy (non-hydrogen) atoms. The summed E-state index contributed by atoms with van der Waals surface area (Å²) in [4.78, 5) is 11.9. The molecule has 8 nitrogen and oxygen atoms in total. The van der Waals surface area contributed by atoms with Crippen LogP contribution in [0.5, 0.6) is 11.5 Å². The minimum atomic E-state index is -0.572. The first-order valence-corrected chi connectivity index (χ1v) is 9.92. The maximum absolute atomic E-state index is 11.9. The van der Waals surface area contributed by atoms with E-state index < -0.39 is 12.1 Å². The topological polar surface area (TPSA) is 115 Å². The Labute approximate surface area is 182 Å². The van der Waals surface area contributed by atoms with Crippen molar-refractivity contribution in [1.29, 1.82) is 0 Å². The van der Waals surface area contributed by atoms with Gasteiger partial charge in [-0.25, -0.2) is 4.79 Å². The second-order valence-corrected chi connectivity index (χ2v) is 6.79. The molecular weight excluding hydrogens is 400 g/mol. The van der Waals surface area contributed by atoms with Crippen LogP contribution in [0.15, 0.2) is 60.7 Å². The number of esters is 1. The van der Waals surface area contributed by atoms with E-state index >= 15 is 0 Å². The molecule has 2 aromatic rings. The maximum Gasteiger partial charge on any atom is 0.333 e. The molecule has 0 aliphatic heterocycles. The Kier molecular flexibility index (Phi) is 10.2. The molecular formula is C23H30N2O6. The molecule has 0 atom stereocenters. The minimum absolute atomic E-state index is 0.170. The van der Waals surface area contributed by atoms with E-state index in [1.807, 2.05) is 0 Å². The third-order valence-corrected chi connectivity index (χ3v) is 3.98. The number of nitrogens with two attached hydrogens (primary N) is 2. The number of nitrogen functional groups attached to an aromatic ring is 2. The molecule has 0 saturated heterocycles. The highest BCUT2D eigenvalue weighted by Crippen LogP contribution is 2.13. The molecule has 0 aromatic heterocycles. The van der Waals surface area contributed by atoms with Crippen molar-refractivity contribution in [1.82, 2.24) is 0 Å². The highest BCUT2D eigenvalue weighted by atomic mass is 16.6. The average Bonchev–Trinajstić information content (AvgIpc) is 2.75. The summed E-state index contributed by atoms with van der Waals surface area (Å²) in [5.41, 5.74) is 12.9. The van der Waals surface area contributed by atoms with Crippen LogP contribution in [-0.2, 0) is 19.0 Å². The summed E-state index contributed by atoms with van der Waals surface area (Å²) in [5.74, 6) is 0.911. The molecule has 4 N–H and O–H groups in total. The van der Waals surface area contributed by atoms with Crippen molar-refractivity contribution in [2.24, 2.45) is 0 Å². The highest BCUT2D eigenvalue weighted by Gasteiger charge is 2.16. The number of hydrogen-bond acceptors (Lipinski definition) is 8. The molecule has 8 heteroatoms. The maximum atomic E-state index is 11.9. The fourth-order valence-electron chi connectivity index (χ4n) is 2.36. The summed E-state index contributed by atoms with van der Waals surface area (Å²) in [6.07, 6.45) is -0.572. The van der Waals surface area contributed by atoms with Gasteiger partial charge in [0.1, 0.15) is 30.8 Å². The summed E-state index contributed by atoms with van der Waals surface area (Å²) in [7, 11) is 0. The normalized spacial score (nSPS) is 10.6. The molecule has 0 aliphatic rings. The van der Waals surface area contributed by atoms with Gasteiger partial charge in [-0.3, -0.25) is 0 Å². The van der Waals surface area contributed by atoms with Crippen molar-refractivity contribution in [3.63, 3.8) is 0 Å². The second kappa shape index (κ2) is 13.1. The fraction of sp³-hybridized carbons (Fsp3) is 0.348. The summed E-state index contributed by atoms with van der Waals surface area (Å²) >= 11 is 0. The summed E-state index contributed by atoms with van der Waals surface area (Å²) in [6.45, 7) is 6.86. The van der Waals surface area contributed by atoms with Crippen LogP contribution in [0, 0.1) is 0 Å². The van der Waals surface area contributed by atoms with Gasteiger partial charge in [0.2, 0.25) is 0 Å². The summed E-state index contributed by atoms with van der Waals surface area (Å²) in [5, 5.41) is 0. The van der Waals surface area contributed by atoms with Crippen molar-refractivity contribution >= 4 is 17.3 Å². The first kappa shape index (κ1) is 24.0. The number of ether oxygens (including phenoxy) is 5. The van der Waals surface area contributed by atoms with Gasteiger partial charge >= 0.3 is 5.97 Å². The zero-order valence-electron chi connectivity index (χ0n) is 17.8. The lowest BCUT2D eigenvalue weighted by Crippen LogP contribution is -2.30. The van der Waals surface area contributed by atoms with Gasteiger partial charge in [0, 0.05) is 16.9 Å². The van der Waals surface area contributed by atoms with Crippen LogP contribution in [0.2, 0.25) is 0 Å². The van der Waals surface area contributed by atoms with Crippen LogP contribution in [0.4, 0.5) is 11.4 Å². The van der Waals surface area contributed by atoms with Gasteiger partial charge in [-0.1, -0.05) is 6.58 Å². The first-order valence-electron chi connectivity index (χ1n) is 9.92. The van der Waals surface area contributed by atoms with Crippen LogP contribution < -0.4 is 20.9 Å². The van der Waals surface area contributed by atoms with Gasteiger partial charge in [-0.2, -0.15) is 0 Å². The van der Waals surface area contributed by atoms with Crippen molar-refractivity contribution in [2.45, 2.75) is 13.0 Å². The Bertz CT molecular complexity index is 752. The fourth-order valence-corrected chi connectivity index (χ4v) is 2.36. The van der Waals surface area contributed by atoms with Gasteiger partial charge in [-0.05, 0) is 55.5 Å². The largest absolute Gasteiger partial charge is 0.491 e. The molecule has 2 rings (SSSR count). The number of hydrogen-bond donors (Lipinski definition) is 2. The number of anilines is 2. The van der Waals surface area contributed by atoms with Gasteiger partial charge in [0.15, 0.2) is 0 Å². The van der Waals surface area contributed by atoms with E-state index in [4.69, 9.17) is 35.2 Å². The highest BCUT2D eigenvalue weighted by molar-refractivity contribution is 5.87. The van der Waals surface area contributed by atoms with Crippen LogP contribution in [-0.4, -0.2) is 51.7 Å². The third-order valence-electron chi connectivity index (χ3n) is 3.98. The first-order chi connectivity index (χ1) is 14.9. The lowest BCUT2D eigenvalue weighted by atomic mass is 10.3. The van der Waals surface area contributed by atoms with Crippen molar-refractivity contribution < 1.29 is 28.5 Å². The second-order valence-electron chi connectivity index (χ2n) is 6.79. The third kappa shape index (κ3) is 9.88. The van der Waals surface area contributed by atoms with Crippen molar-refractivity contribution in [3.05, 3.63) is 60.7 Å². The van der Waals surface area contributed by atoms with Crippen LogP contribution in [0.3, 0.4) is 0 Å². The van der Waals surface area contributed by atoms with E-state index in [9.17, 15) is 4.79 Å². The molecule has 168 valence electrons. The van der Waals surface area contributed by atoms with Gasteiger partial charge in [0.05, 0.1) is 26.4 Å². The van der Waals surface area contributed by atoms with Gasteiger partial charge in [-0.15, -0.1) is 0 Å². The lowest BCUT2D eigenvalue weighted by molar-refractivity contribution is -0.151. The van der Waals surface area contributed by atoms with Crippen LogP contribution >= 0.6 is 0 Å². The molecule has 0 amide bonds. The smallest absolute Gasteiger partial charge is 0.333 e. The number of carbonyl (C=O) groups is 1. The molecule has 0 spiro atoms. The number of rotatable bonds is 14. The van der Waals surface area contributed by atoms with Crippen molar-refractivity contribution in [3.8, 4) is 11.5 Å². The minimum Gasteiger partial charge on any atom is -0.491 e. The molecule has 0 aliphatic carbocycles. The Morgan fingerprint density at radius 2 is 1.23 bits per heavy atom. The average molecular weight is 431 g/mol. The number of benzene rings is 2. The quantitative estimate of drug-likeness (QED) is 0.203. The molecule has 2 aromatic carbocycles. The molecule has 0 unspecified atom stereocenters. The van der Waals surface area contributed by atoms with Crippen LogP contribution in [0.1, 0.15) is 6.92 Å². The summed E-state index contributed by atoms with van der Waals surface area (Å²) in [6, 6.07) is 14.2. The molecule has 0 radical (unpaired) electrons. The predicted molar refractivity (Wildman–Crippen MR) is 119 cm³/mol. The Balaban J connectivity index is 1.66. The monoisotopic (exact) mass is 430 g/mol. The van der Waals surface area contributed by atoms with E-state index in [2.05, 4.69) is 6.58 Å². The standard InChI is InChI=1S/C23H30N2O6/c1-17(2)23(26)31-22(15-27-11-13-29-20-7-3-18(24)4-8-20)16-28-12-14-30-21-9-5-19(25)6-10-21/h3-10,22H,1,11-16,24-25H2,2H3. The Morgan fingerprint density at radius 3 is 1.61 bits per heavy atom. The lowest BCUT2D eigenvalue weighted by Gasteiger charge is -2.18. The van der Waals surface area contributed by atoms with E-state index in [-0.39, 0.29) is 13.2 Å². The van der Waals surface area contributed by atoms with E-state index in [0.29, 0.717) is 54.9 Å². The van der Waals surface area contributed by atoms with E-state index in [1.54, 1.807) is 55.5 Å². The van der Waals surface area contributed by atoms with E-state index in [1.165, 1.54) is 0 Å². The Morgan fingerprint density at radius 1 is 0.806 bits per heavy atom. The molecule has 0 saturated carbocycles. The molecule has 0 fully saturated rings. The SMILES string of the molecule is C=C(C)C(=O)OC(COCCOc1ccc(N)cc1)COCCOc1ccc(N)cc1. The van der Waals surface area contributed by atoms with E-state index in [0.717, 1.165) is 0 Å². The van der Waals surface area contributed by atoms with Crippen molar-refractivity contribution in [2.75, 3.05) is 51.1 Å². The molecule has 0 bridgehead atoms. The Hall–Kier alpha value is -3.23. The van der Waals surface area contributed by atoms with Gasteiger partial charge in [0.25, 0.3) is 0 Å².